The Balaban J connectivity index is 1.42. The van der Waals surface area contributed by atoms with Crippen molar-refractivity contribution in [1.82, 2.24) is 0 Å². The molecular formula is C27H25ClO5. The van der Waals surface area contributed by atoms with Gasteiger partial charge in [-0.2, -0.15) is 0 Å². The first-order chi connectivity index (χ1) is 15.8. The Morgan fingerprint density at radius 3 is 2.15 bits per heavy atom. The van der Waals surface area contributed by atoms with Crippen LogP contribution in [0.3, 0.4) is 0 Å². The number of carbonyl (C=O) groups is 2. The highest BCUT2D eigenvalue weighted by Gasteiger charge is 2.31. The molecule has 0 saturated heterocycles. The van der Waals surface area contributed by atoms with Gasteiger partial charge in [0.25, 0.3) is 0 Å². The maximum atomic E-state index is 12.4. The summed E-state index contributed by atoms with van der Waals surface area (Å²) in [6.45, 7) is 3.56. The van der Waals surface area contributed by atoms with Crippen LogP contribution in [0, 0.1) is 0 Å². The minimum Gasteiger partial charge on any atom is -0.490 e. The molecular weight excluding hydrogens is 440 g/mol. The Kier molecular flexibility index (Phi) is 8.28. The highest BCUT2D eigenvalue weighted by Crippen LogP contribution is 2.22. The van der Waals surface area contributed by atoms with Crippen LogP contribution in [0.5, 0.6) is 11.5 Å². The van der Waals surface area contributed by atoms with Crippen molar-refractivity contribution in [3.8, 4) is 11.5 Å². The van der Waals surface area contributed by atoms with Crippen LogP contribution in [0.2, 0.25) is 5.02 Å². The molecule has 0 saturated carbocycles. The number of halogens is 1. The second-order valence-corrected chi connectivity index (χ2v) is 8.12. The van der Waals surface area contributed by atoms with Crippen molar-refractivity contribution >= 4 is 29.4 Å². The molecule has 170 valence electrons. The third kappa shape index (κ3) is 7.51. The first-order valence-electron chi connectivity index (χ1n) is 10.5. The van der Waals surface area contributed by atoms with E-state index in [1.54, 1.807) is 74.5 Å². The lowest BCUT2D eigenvalue weighted by atomic mass is 10.1. The number of rotatable bonds is 10. The van der Waals surface area contributed by atoms with Crippen molar-refractivity contribution < 1.29 is 23.8 Å². The van der Waals surface area contributed by atoms with Gasteiger partial charge in [0.2, 0.25) is 0 Å². The molecule has 0 amide bonds. The zero-order valence-corrected chi connectivity index (χ0v) is 19.2. The van der Waals surface area contributed by atoms with Crippen LogP contribution >= 0.6 is 11.6 Å². The molecule has 6 heteroatoms. The third-order valence-electron chi connectivity index (χ3n) is 4.63. The Labute approximate surface area is 198 Å². The van der Waals surface area contributed by atoms with E-state index in [0.717, 1.165) is 5.56 Å². The molecule has 0 N–H and O–H groups in total. The Hall–Kier alpha value is -3.57. The average Bonchev–Trinajstić information content (AvgIpc) is 2.82. The SMILES string of the molecule is CC(C)(Oc1ccc(Cl)cc1)C(=O)OCCOc1ccc(/C=C\C(=O)c2ccccc2)cc1. The summed E-state index contributed by atoms with van der Waals surface area (Å²) in [5, 5.41) is 0.588. The molecule has 5 nitrogen and oxygen atoms in total. The Morgan fingerprint density at radius 2 is 1.48 bits per heavy atom. The molecule has 0 radical (unpaired) electrons. The largest absolute Gasteiger partial charge is 0.490 e. The van der Waals surface area contributed by atoms with Gasteiger partial charge in [0.1, 0.15) is 24.7 Å². The van der Waals surface area contributed by atoms with Crippen LogP contribution in [-0.4, -0.2) is 30.6 Å². The molecule has 0 heterocycles. The number of esters is 1. The molecule has 0 aliphatic heterocycles. The first-order valence-corrected chi connectivity index (χ1v) is 10.8. The van der Waals surface area contributed by atoms with Gasteiger partial charge in [-0.15, -0.1) is 0 Å². The molecule has 0 fully saturated rings. The van der Waals surface area contributed by atoms with Crippen LogP contribution in [-0.2, 0) is 9.53 Å². The van der Waals surface area contributed by atoms with E-state index in [2.05, 4.69) is 0 Å². The van der Waals surface area contributed by atoms with Crippen molar-refractivity contribution in [2.24, 2.45) is 0 Å². The van der Waals surface area contributed by atoms with Crippen LogP contribution in [0.25, 0.3) is 6.08 Å². The van der Waals surface area contributed by atoms with Gasteiger partial charge in [0.15, 0.2) is 11.4 Å². The summed E-state index contributed by atoms with van der Waals surface area (Å²) in [7, 11) is 0. The lowest BCUT2D eigenvalue weighted by molar-refractivity contribution is -0.160. The third-order valence-corrected chi connectivity index (χ3v) is 4.88. The number of hydrogen-bond acceptors (Lipinski definition) is 5. The van der Waals surface area contributed by atoms with Gasteiger partial charge in [-0.1, -0.05) is 60.1 Å². The average molecular weight is 465 g/mol. The fraction of sp³-hybridized carbons (Fsp3) is 0.185. The van der Waals surface area contributed by atoms with E-state index in [-0.39, 0.29) is 19.0 Å². The zero-order valence-electron chi connectivity index (χ0n) is 18.5. The van der Waals surface area contributed by atoms with Crippen LogP contribution in [0.1, 0.15) is 29.8 Å². The van der Waals surface area contributed by atoms with Gasteiger partial charge in [-0.3, -0.25) is 4.79 Å². The van der Waals surface area contributed by atoms with Gasteiger partial charge in [-0.05, 0) is 61.9 Å². The van der Waals surface area contributed by atoms with Crippen molar-refractivity contribution in [2.75, 3.05) is 13.2 Å². The summed E-state index contributed by atoms with van der Waals surface area (Å²) >= 11 is 5.86. The zero-order chi connectivity index (χ0) is 23.7. The summed E-state index contributed by atoms with van der Waals surface area (Å²) in [6.07, 6.45) is 3.29. The molecule has 3 aromatic rings. The Morgan fingerprint density at radius 1 is 0.848 bits per heavy atom. The minimum absolute atomic E-state index is 0.0549. The van der Waals surface area contributed by atoms with Crippen molar-refractivity contribution in [3.63, 3.8) is 0 Å². The number of ketones is 1. The summed E-state index contributed by atoms with van der Waals surface area (Å²) in [6, 6.07) is 23.1. The predicted octanol–water partition coefficient (Wildman–Crippen LogP) is 6.02. The van der Waals surface area contributed by atoms with E-state index in [0.29, 0.717) is 22.1 Å². The molecule has 0 unspecified atom stereocenters. The molecule has 0 spiro atoms. The second kappa shape index (κ2) is 11.3. The molecule has 0 atom stereocenters. The molecule has 0 aromatic heterocycles. The van der Waals surface area contributed by atoms with E-state index < -0.39 is 11.6 Å². The fourth-order valence-electron chi connectivity index (χ4n) is 2.85. The van der Waals surface area contributed by atoms with Crippen LogP contribution < -0.4 is 9.47 Å². The van der Waals surface area contributed by atoms with Gasteiger partial charge in [0, 0.05) is 10.6 Å². The van der Waals surface area contributed by atoms with E-state index in [1.165, 1.54) is 0 Å². The first kappa shape index (κ1) is 24.1. The number of hydrogen-bond donors (Lipinski definition) is 0. The van der Waals surface area contributed by atoms with Crippen molar-refractivity contribution in [3.05, 3.63) is 101 Å². The van der Waals surface area contributed by atoms with E-state index >= 15 is 0 Å². The molecule has 3 aromatic carbocycles. The van der Waals surface area contributed by atoms with Gasteiger partial charge in [-0.25, -0.2) is 4.79 Å². The molecule has 0 aliphatic rings. The van der Waals surface area contributed by atoms with Gasteiger partial charge < -0.3 is 14.2 Å². The summed E-state index contributed by atoms with van der Waals surface area (Å²) in [5.74, 6) is 0.608. The van der Waals surface area contributed by atoms with E-state index in [9.17, 15) is 9.59 Å². The fourth-order valence-corrected chi connectivity index (χ4v) is 2.98. The summed E-state index contributed by atoms with van der Waals surface area (Å²) < 4.78 is 16.6. The van der Waals surface area contributed by atoms with Crippen molar-refractivity contribution in [1.29, 1.82) is 0 Å². The van der Waals surface area contributed by atoms with Crippen LogP contribution in [0.4, 0.5) is 0 Å². The number of carbonyl (C=O) groups excluding carboxylic acids is 2. The molecule has 3 rings (SSSR count). The number of allylic oxidation sites excluding steroid dienone is 1. The summed E-state index contributed by atoms with van der Waals surface area (Å²) in [4.78, 5) is 24.5. The second-order valence-electron chi connectivity index (χ2n) is 7.68. The highest BCUT2D eigenvalue weighted by molar-refractivity contribution is 6.30. The smallest absolute Gasteiger partial charge is 0.350 e. The maximum absolute atomic E-state index is 12.4. The summed E-state index contributed by atoms with van der Waals surface area (Å²) in [5.41, 5.74) is 0.364. The normalized spacial score (nSPS) is 11.2. The lowest BCUT2D eigenvalue weighted by Crippen LogP contribution is -2.40. The topological polar surface area (TPSA) is 61.8 Å². The maximum Gasteiger partial charge on any atom is 0.350 e. The van der Waals surface area contributed by atoms with E-state index in [1.807, 2.05) is 30.3 Å². The van der Waals surface area contributed by atoms with Crippen molar-refractivity contribution in [2.45, 2.75) is 19.4 Å². The molecule has 0 aliphatic carbocycles. The minimum atomic E-state index is -1.15. The lowest BCUT2D eigenvalue weighted by Gasteiger charge is -2.24. The monoisotopic (exact) mass is 464 g/mol. The standard InChI is InChI=1S/C27H25ClO5/c1-27(2,33-24-15-11-22(28)12-16-24)26(30)32-19-18-31-23-13-8-20(9-14-23)10-17-25(29)21-6-4-3-5-7-21/h3-17H,18-19H2,1-2H3/b17-10-. The van der Waals surface area contributed by atoms with Gasteiger partial charge >= 0.3 is 5.97 Å². The van der Waals surface area contributed by atoms with Gasteiger partial charge in [0.05, 0.1) is 0 Å². The number of benzene rings is 3. The number of ether oxygens (including phenoxy) is 3. The highest BCUT2D eigenvalue weighted by atomic mass is 35.5. The van der Waals surface area contributed by atoms with E-state index in [4.69, 9.17) is 25.8 Å². The van der Waals surface area contributed by atoms with Crippen LogP contribution in [0.15, 0.2) is 84.9 Å². The molecule has 0 bridgehead atoms. The predicted molar refractivity (Wildman–Crippen MR) is 129 cm³/mol. The molecule has 33 heavy (non-hydrogen) atoms. The quantitative estimate of drug-likeness (QED) is 0.159. The Bertz CT molecular complexity index is 1090.